The fourth-order valence-electron chi connectivity index (χ4n) is 3.31. The number of aryl methyl sites for hydroxylation is 1. The number of carbonyl (C=O) groups is 1. The molecule has 0 spiro atoms. The summed E-state index contributed by atoms with van der Waals surface area (Å²) >= 11 is 0. The number of hydrogen-bond donors (Lipinski definition) is 2. The molecule has 25 heavy (non-hydrogen) atoms. The summed E-state index contributed by atoms with van der Waals surface area (Å²) in [6.45, 7) is 0.863. The van der Waals surface area contributed by atoms with Gasteiger partial charge in [0.25, 0.3) is 5.91 Å². The molecule has 1 aliphatic heterocycles. The van der Waals surface area contributed by atoms with Crippen LogP contribution in [0.1, 0.15) is 54.0 Å². The molecular weight excluding hydrogens is 337 g/mol. The van der Waals surface area contributed by atoms with Crippen LogP contribution in [0.3, 0.4) is 0 Å². The molecule has 1 aliphatic carbocycles. The minimum atomic E-state index is -4.51. The molecule has 1 fully saturated rings. The Balaban J connectivity index is 1.59. The molecule has 2 N–H and O–H groups in total. The van der Waals surface area contributed by atoms with Gasteiger partial charge in [-0.2, -0.15) is 13.2 Å². The molecule has 0 saturated heterocycles. The molecule has 8 heteroatoms. The standard InChI is InChI=1S/C17H23F3N2O3/c18-17(19,20)15(24-12-4-1-2-5-12)10-22-16(23)14-8-11-9-21-7-3-6-13(11)25-14/h8,12,15,21H,1-7,9-10H2,(H,22,23). The van der Waals surface area contributed by atoms with E-state index in [0.717, 1.165) is 37.1 Å². The number of carbonyl (C=O) groups excluding carboxylic acids is 1. The molecule has 1 amide bonds. The Morgan fingerprint density at radius 3 is 2.84 bits per heavy atom. The lowest BCUT2D eigenvalue weighted by molar-refractivity contribution is -0.229. The summed E-state index contributed by atoms with van der Waals surface area (Å²) < 4.78 is 50.2. The predicted molar refractivity (Wildman–Crippen MR) is 84.3 cm³/mol. The molecule has 1 aromatic heterocycles. The lowest BCUT2D eigenvalue weighted by Gasteiger charge is -2.24. The highest BCUT2D eigenvalue weighted by molar-refractivity contribution is 5.91. The van der Waals surface area contributed by atoms with Crippen LogP contribution in [0.4, 0.5) is 13.2 Å². The Morgan fingerprint density at radius 1 is 1.36 bits per heavy atom. The first-order valence-electron chi connectivity index (χ1n) is 8.76. The highest BCUT2D eigenvalue weighted by atomic mass is 19.4. The summed E-state index contributed by atoms with van der Waals surface area (Å²) in [4.78, 5) is 12.2. The maximum absolute atomic E-state index is 13.1. The van der Waals surface area contributed by atoms with Crippen LogP contribution >= 0.6 is 0 Å². The summed E-state index contributed by atoms with van der Waals surface area (Å²) in [5.41, 5.74) is 0.886. The third kappa shape index (κ3) is 4.76. The molecule has 2 heterocycles. The van der Waals surface area contributed by atoms with E-state index in [4.69, 9.17) is 9.15 Å². The van der Waals surface area contributed by atoms with Crippen molar-refractivity contribution in [3.8, 4) is 0 Å². The van der Waals surface area contributed by atoms with Crippen molar-refractivity contribution in [2.24, 2.45) is 0 Å². The predicted octanol–water partition coefficient (Wildman–Crippen LogP) is 2.94. The number of ether oxygens (including phenoxy) is 1. The monoisotopic (exact) mass is 360 g/mol. The maximum atomic E-state index is 13.1. The number of nitrogens with one attached hydrogen (secondary N) is 2. The van der Waals surface area contributed by atoms with E-state index in [1.165, 1.54) is 0 Å². The third-order valence-electron chi connectivity index (χ3n) is 4.67. The van der Waals surface area contributed by atoms with E-state index in [2.05, 4.69) is 10.6 Å². The van der Waals surface area contributed by atoms with E-state index in [-0.39, 0.29) is 11.9 Å². The Hall–Kier alpha value is -1.54. The van der Waals surface area contributed by atoms with Crippen LogP contribution in [0.25, 0.3) is 0 Å². The lowest BCUT2D eigenvalue weighted by Crippen LogP contribution is -2.44. The van der Waals surface area contributed by atoms with Crippen molar-refractivity contribution in [3.05, 3.63) is 23.2 Å². The molecule has 0 bridgehead atoms. The van der Waals surface area contributed by atoms with Crippen molar-refractivity contribution in [3.63, 3.8) is 0 Å². The van der Waals surface area contributed by atoms with Crippen LogP contribution in [0.2, 0.25) is 0 Å². The van der Waals surface area contributed by atoms with Gasteiger partial charge >= 0.3 is 6.18 Å². The Bertz CT molecular complexity index is 571. The lowest BCUT2D eigenvalue weighted by atomic mass is 10.2. The van der Waals surface area contributed by atoms with Gasteiger partial charge in [0.1, 0.15) is 5.76 Å². The second kappa shape index (κ2) is 7.78. The minimum Gasteiger partial charge on any atom is -0.456 e. The second-order valence-electron chi connectivity index (χ2n) is 6.62. The molecule has 5 nitrogen and oxygen atoms in total. The summed E-state index contributed by atoms with van der Waals surface area (Å²) in [5, 5.41) is 5.51. The van der Waals surface area contributed by atoms with Crippen LogP contribution in [0.5, 0.6) is 0 Å². The van der Waals surface area contributed by atoms with E-state index >= 15 is 0 Å². The van der Waals surface area contributed by atoms with Crippen LogP contribution in [-0.2, 0) is 17.7 Å². The zero-order chi connectivity index (χ0) is 17.9. The molecule has 1 atom stereocenters. The van der Waals surface area contributed by atoms with Crippen molar-refractivity contribution in [2.45, 2.75) is 63.5 Å². The maximum Gasteiger partial charge on any atom is 0.416 e. The van der Waals surface area contributed by atoms with Gasteiger partial charge < -0.3 is 19.8 Å². The first-order chi connectivity index (χ1) is 11.9. The number of alkyl halides is 3. The van der Waals surface area contributed by atoms with E-state index in [1.807, 2.05) is 0 Å². The van der Waals surface area contributed by atoms with Crippen molar-refractivity contribution in [2.75, 3.05) is 13.1 Å². The van der Waals surface area contributed by atoms with Crippen LogP contribution in [0.15, 0.2) is 10.5 Å². The van der Waals surface area contributed by atoms with E-state index in [0.29, 0.717) is 25.8 Å². The summed E-state index contributed by atoms with van der Waals surface area (Å²) in [7, 11) is 0. The molecule has 3 rings (SSSR count). The Morgan fingerprint density at radius 2 is 2.12 bits per heavy atom. The van der Waals surface area contributed by atoms with Gasteiger partial charge in [-0.05, 0) is 31.9 Å². The summed E-state index contributed by atoms with van der Waals surface area (Å²) in [6, 6.07) is 1.60. The molecule has 140 valence electrons. The second-order valence-corrected chi connectivity index (χ2v) is 6.62. The van der Waals surface area contributed by atoms with Crippen molar-refractivity contribution < 1.29 is 27.1 Å². The van der Waals surface area contributed by atoms with Gasteiger partial charge in [0.2, 0.25) is 0 Å². The van der Waals surface area contributed by atoms with Crippen LogP contribution < -0.4 is 10.6 Å². The Kier molecular flexibility index (Phi) is 5.68. The zero-order valence-corrected chi connectivity index (χ0v) is 14.0. The van der Waals surface area contributed by atoms with Gasteiger partial charge in [0.15, 0.2) is 11.9 Å². The molecule has 1 aromatic rings. The fourth-order valence-corrected chi connectivity index (χ4v) is 3.31. The smallest absolute Gasteiger partial charge is 0.416 e. The number of amides is 1. The Labute approximate surface area is 144 Å². The summed E-state index contributed by atoms with van der Waals surface area (Å²) in [6.07, 6.45) is -2.24. The van der Waals surface area contributed by atoms with Crippen molar-refractivity contribution in [1.29, 1.82) is 0 Å². The molecular formula is C17H23F3N2O3. The molecule has 2 aliphatic rings. The summed E-state index contributed by atoms with van der Waals surface area (Å²) in [5.74, 6) is 0.137. The first-order valence-corrected chi connectivity index (χ1v) is 8.76. The average molecular weight is 360 g/mol. The van der Waals surface area contributed by atoms with Crippen LogP contribution in [0, 0.1) is 0 Å². The fraction of sp³-hybridized carbons (Fsp3) is 0.706. The molecule has 1 unspecified atom stereocenters. The molecule has 0 radical (unpaired) electrons. The van der Waals surface area contributed by atoms with Crippen molar-refractivity contribution in [1.82, 2.24) is 10.6 Å². The first kappa shape index (κ1) is 18.3. The normalized spacial score (nSPS) is 20.1. The van der Waals surface area contributed by atoms with E-state index in [1.54, 1.807) is 6.07 Å². The van der Waals surface area contributed by atoms with Gasteiger partial charge in [-0.1, -0.05) is 12.8 Å². The molecule has 0 aromatic carbocycles. The number of furan rings is 1. The van der Waals surface area contributed by atoms with Gasteiger partial charge in [-0.3, -0.25) is 4.79 Å². The highest BCUT2D eigenvalue weighted by Crippen LogP contribution is 2.29. The van der Waals surface area contributed by atoms with Crippen LogP contribution in [-0.4, -0.2) is 37.4 Å². The van der Waals surface area contributed by atoms with E-state index < -0.39 is 24.7 Å². The number of rotatable bonds is 5. The van der Waals surface area contributed by atoms with E-state index in [9.17, 15) is 18.0 Å². The third-order valence-corrected chi connectivity index (χ3v) is 4.67. The minimum absolute atomic E-state index is 0.0514. The number of fused-ring (bicyclic) bond motifs is 1. The highest BCUT2D eigenvalue weighted by Gasteiger charge is 2.42. The van der Waals surface area contributed by atoms with Gasteiger partial charge in [-0.15, -0.1) is 0 Å². The number of halogens is 3. The largest absolute Gasteiger partial charge is 0.456 e. The SMILES string of the molecule is O=C(NCC(OC1CCCC1)C(F)(F)F)c1cc2c(o1)CCCNC2. The zero-order valence-electron chi connectivity index (χ0n) is 14.0. The van der Waals surface area contributed by atoms with Crippen molar-refractivity contribution >= 4 is 5.91 Å². The number of hydrogen-bond acceptors (Lipinski definition) is 4. The average Bonchev–Trinajstić information content (AvgIpc) is 3.16. The van der Waals surface area contributed by atoms with Gasteiger partial charge in [0, 0.05) is 18.5 Å². The topological polar surface area (TPSA) is 63.5 Å². The van der Waals surface area contributed by atoms with Gasteiger partial charge in [-0.25, -0.2) is 0 Å². The molecule has 1 saturated carbocycles. The van der Waals surface area contributed by atoms with Gasteiger partial charge in [0.05, 0.1) is 12.6 Å². The quantitative estimate of drug-likeness (QED) is 0.848.